The molecule has 0 radical (unpaired) electrons. The van der Waals surface area contributed by atoms with E-state index in [1.807, 2.05) is 54.8 Å². The minimum absolute atomic E-state index is 0.150. The highest BCUT2D eigenvalue weighted by atomic mass is 32.1. The lowest BCUT2D eigenvalue weighted by molar-refractivity contribution is -0.139. The Morgan fingerprint density at radius 3 is 2.79 bits per heavy atom. The first-order valence-electron chi connectivity index (χ1n) is 9.29. The van der Waals surface area contributed by atoms with Gasteiger partial charge in [0.2, 0.25) is 0 Å². The molecule has 0 spiro atoms. The van der Waals surface area contributed by atoms with E-state index in [2.05, 4.69) is 4.99 Å². The molecular formula is C22H20N2O3S2. The fourth-order valence-electron chi connectivity index (χ4n) is 3.42. The van der Waals surface area contributed by atoms with Crippen LogP contribution in [-0.4, -0.2) is 17.1 Å². The van der Waals surface area contributed by atoms with Crippen LogP contribution in [-0.2, 0) is 9.53 Å². The smallest absolute Gasteiger partial charge is 0.338 e. The molecule has 148 valence electrons. The van der Waals surface area contributed by atoms with Gasteiger partial charge in [0.25, 0.3) is 5.56 Å². The van der Waals surface area contributed by atoms with Gasteiger partial charge in [-0.1, -0.05) is 47.2 Å². The highest BCUT2D eigenvalue weighted by molar-refractivity contribution is 7.10. The molecule has 4 rings (SSSR count). The number of nitrogens with zero attached hydrogens (tertiary/aromatic N) is 2. The number of carbonyl (C=O) groups is 1. The number of ether oxygens (including phenoxy) is 1. The molecule has 0 amide bonds. The number of aryl methyl sites for hydroxylation is 1. The number of esters is 1. The van der Waals surface area contributed by atoms with Gasteiger partial charge in [-0.25, -0.2) is 9.79 Å². The predicted molar refractivity (Wildman–Crippen MR) is 116 cm³/mol. The molecule has 0 N–H and O–H groups in total. The van der Waals surface area contributed by atoms with Gasteiger partial charge in [-0.15, -0.1) is 11.3 Å². The summed E-state index contributed by atoms with van der Waals surface area (Å²) < 4.78 is 7.49. The van der Waals surface area contributed by atoms with Gasteiger partial charge in [0.1, 0.15) is 6.04 Å². The second-order valence-corrected chi connectivity index (χ2v) is 8.72. The molecule has 0 saturated carbocycles. The van der Waals surface area contributed by atoms with Crippen LogP contribution >= 0.6 is 22.7 Å². The lowest BCUT2D eigenvalue weighted by atomic mass is 10.0. The Morgan fingerprint density at radius 1 is 1.28 bits per heavy atom. The summed E-state index contributed by atoms with van der Waals surface area (Å²) in [5.74, 6) is -0.430. The molecule has 0 aliphatic carbocycles. The Morgan fingerprint density at radius 2 is 2.10 bits per heavy atom. The first-order chi connectivity index (χ1) is 14.0. The summed E-state index contributed by atoms with van der Waals surface area (Å²) >= 11 is 2.85. The van der Waals surface area contributed by atoms with E-state index in [1.165, 1.54) is 22.7 Å². The number of benzene rings is 1. The average molecular weight is 425 g/mol. The molecule has 1 aromatic carbocycles. The number of aromatic nitrogens is 1. The SMILES string of the molecule is CCOC(=O)C1=C(C)N=c2s/c(=C/c3cccc(C)c3)c(=O)n2[C@@H]1c1cccs1. The normalized spacial score (nSPS) is 16.5. The van der Waals surface area contributed by atoms with Crippen LogP contribution < -0.4 is 14.9 Å². The Kier molecular flexibility index (Phi) is 5.34. The molecule has 0 saturated heterocycles. The van der Waals surface area contributed by atoms with Gasteiger partial charge in [0.05, 0.1) is 22.4 Å². The fraction of sp³-hybridized carbons (Fsp3) is 0.227. The second kappa shape index (κ2) is 7.93. The average Bonchev–Trinajstić information content (AvgIpc) is 3.30. The number of thiophene rings is 1. The summed E-state index contributed by atoms with van der Waals surface area (Å²) in [5.41, 5.74) is 2.95. The van der Waals surface area contributed by atoms with Crippen molar-refractivity contribution in [2.24, 2.45) is 4.99 Å². The molecule has 3 heterocycles. The molecule has 0 fully saturated rings. The van der Waals surface area contributed by atoms with Gasteiger partial charge < -0.3 is 4.74 Å². The minimum atomic E-state index is -0.523. The lowest BCUT2D eigenvalue weighted by Crippen LogP contribution is -2.39. The predicted octanol–water partition coefficient (Wildman–Crippen LogP) is 3.17. The van der Waals surface area contributed by atoms with E-state index in [1.54, 1.807) is 18.4 Å². The second-order valence-electron chi connectivity index (χ2n) is 6.73. The molecule has 2 aromatic heterocycles. The molecule has 3 aromatic rings. The van der Waals surface area contributed by atoms with Crippen LogP contribution in [0.5, 0.6) is 0 Å². The van der Waals surface area contributed by atoms with Crippen LogP contribution in [0.15, 0.2) is 62.8 Å². The largest absolute Gasteiger partial charge is 0.463 e. The van der Waals surface area contributed by atoms with E-state index in [0.717, 1.165) is 16.0 Å². The molecule has 1 atom stereocenters. The number of allylic oxidation sites excluding steroid dienone is 1. The van der Waals surface area contributed by atoms with Crippen molar-refractivity contribution in [1.29, 1.82) is 0 Å². The maximum atomic E-state index is 13.4. The van der Waals surface area contributed by atoms with E-state index >= 15 is 0 Å². The van der Waals surface area contributed by atoms with Crippen molar-refractivity contribution in [3.63, 3.8) is 0 Å². The van der Waals surface area contributed by atoms with E-state index in [0.29, 0.717) is 20.6 Å². The first-order valence-corrected chi connectivity index (χ1v) is 11.0. The first kappa shape index (κ1) is 19.5. The van der Waals surface area contributed by atoms with E-state index in [9.17, 15) is 9.59 Å². The molecule has 7 heteroatoms. The van der Waals surface area contributed by atoms with Crippen molar-refractivity contribution in [3.8, 4) is 0 Å². The number of thiazole rings is 1. The number of carbonyl (C=O) groups excluding carboxylic acids is 1. The molecule has 5 nitrogen and oxygen atoms in total. The zero-order valence-corrected chi connectivity index (χ0v) is 18.0. The van der Waals surface area contributed by atoms with Gasteiger partial charge >= 0.3 is 5.97 Å². The third-order valence-corrected chi connectivity index (χ3v) is 6.58. The van der Waals surface area contributed by atoms with Crippen LogP contribution in [0.3, 0.4) is 0 Å². The van der Waals surface area contributed by atoms with Gasteiger partial charge in [0.15, 0.2) is 4.80 Å². The summed E-state index contributed by atoms with van der Waals surface area (Å²) in [4.78, 5) is 32.1. The monoisotopic (exact) mass is 424 g/mol. The van der Waals surface area contributed by atoms with Gasteiger partial charge in [0, 0.05) is 4.88 Å². The summed E-state index contributed by atoms with van der Waals surface area (Å²) in [5, 5.41) is 1.94. The molecule has 0 bridgehead atoms. The van der Waals surface area contributed by atoms with E-state index in [-0.39, 0.29) is 12.2 Å². The van der Waals surface area contributed by atoms with Crippen LogP contribution in [0.1, 0.15) is 35.9 Å². The van der Waals surface area contributed by atoms with Crippen molar-refractivity contribution in [3.05, 3.63) is 88.7 Å². The Bertz CT molecular complexity index is 1280. The maximum absolute atomic E-state index is 13.4. The number of hydrogen-bond donors (Lipinski definition) is 0. The van der Waals surface area contributed by atoms with Crippen LogP contribution in [0, 0.1) is 6.92 Å². The van der Waals surface area contributed by atoms with Crippen molar-refractivity contribution in [2.75, 3.05) is 6.61 Å². The van der Waals surface area contributed by atoms with E-state index < -0.39 is 12.0 Å². The zero-order valence-electron chi connectivity index (χ0n) is 16.3. The van der Waals surface area contributed by atoms with Crippen LogP contribution in [0.2, 0.25) is 0 Å². The van der Waals surface area contributed by atoms with Crippen molar-refractivity contribution in [1.82, 2.24) is 4.57 Å². The molecule has 29 heavy (non-hydrogen) atoms. The third kappa shape index (κ3) is 3.63. The molecule has 1 aliphatic heterocycles. The minimum Gasteiger partial charge on any atom is -0.463 e. The standard InChI is InChI=1S/C22H20N2O3S2/c1-4-27-21(26)18-14(3)23-22-24(19(18)16-9-6-10-28-16)20(25)17(29-22)12-15-8-5-7-13(2)11-15/h5-12,19H,4H2,1-3H3/b17-12+/t19-/m1/s1. The number of fused-ring (bicyclic) bond motifs is 1. The van der Waals surface area contributed by atoms with Crippen molar-refractivity contribution in [2.45, 2.75) is 26.8 Å². The topological polar surface area (TPSA) is 60.7 Å². The molecule has 1 aliphatic rings. The summed E-state index contributed by atoms with van der Waals surface area (Å²) in [6.45, 7) is 5.85. The highest BCUT2D eigenvalue weighted by Gasteiger charge is 2.33. The lowest BCUT2D eigenvalue weighted by Gasteiger charge is -2.23. The Hall–Kier alpha value is -2.77. The van der Waals surface area contributed by atoms with Crippen molar-refractivity contribution >= 4 is 34.7 Å². The van der Waals surface area contributed by atoms with Gasteiger partial charge in [-0.05, 0) is 43.9 Å². The quantitative estimate of drug-likeness (QED) is 0.605. The number of hydrogen-bond acceptors (Lipinski definition) is 6. The van der Waals surface area contributed by atoms with E-state index in [4.69, 9.17) is 4.74 Å². The number of rotatable bonds is 4. The third-order valence-electron chi connectivity index (χ3n) is 4.67. The maximum Gasteiger partial charge on any atom is 0.338 e. The Balaban J connectivity index is 1.94. The summed E-state index contributed by atoms with van der Waals surface area (Å²) in [6.07, 6.45) is 1.88. The molecule has 0 unspecified atom stereocenters. The summed E-state index contributed by atoms with van der Waals surface area (Å²) in [7, 11) is 0. The van der Waals surface area contributed by atoms with Gasteiger partial charge in [-0.3, -0.25) is 9.36 Å². The summed E-state index contributed by atoms with van der Waals surface area (Å²) in [6, 6.07) is 11.3. The fourth-order valence-corrected chi connectivity index (χ4v) is 5.29. The van der Waals surface area contributed by atoms with Crippen LogP contribution in [0.25, 0.3) is 6.08 Å². The zero-order chi connectivity index (χ0) is 20.5. The highest BCUT2D eigenvalue weighted by Crippen LogP contribution is 2.33. The Labute approximate surface area is 175 Å². The van der Waals surface area contributed by atoms with Gasteiger partial charge in [-0.2, -0.15) is 0 Å². The van der Waals surface area contributed by atoms with Crippen molar-refractivity contribution < 1.29 is 9.53 Å². The molecular weight excluding hydrogens is 404 g/mol. The van der Waals surface area contributed by atoms with Crippen LogP contribution in [0.4, 0.5) is 0 Å².